The molecule has 3 nitrogen and oxygen atoms in total. The van der Waals surface area contributed by atoms with Gasteiger partial charge in [-0.1, -0.05) is 24.1 Å². The zero-order valence-corrected chi connectivity index (χ0v) is 10.5. The topological polar surface area (TPSA) is 38.3 Å². The molecule has 0 saturated heterocycles. The number of rotatable bonds is 4. The maximum Gasteiger partial charge on any atom is 0.223 e. The summed E-state index contributed by atoms with van der Waals surface area (Å²) in [4.78, 5) is 11.7. The predicted octanol–water partition coefficient (Wildman–Crippen LogP) is 2.42. The highest BCUT2D eigenvalue weighted by Gasteiger charge is 2.24. The molecule has 1 N–H and O–H groups in total. The number of nitrogens with one attached hydrogen (secondary N) is 1. The van der Waals surface area contributed by atoms with Crippen LogP contribution in [0.3, 0.4) is 0 Å². The third-order valence-corrected chi connectivity index (χ3v) is 3.36. The highest BCUT2D eigenvalue weighted by molar-refractivity contribution is 5.79. The van der Waals surface area contributed by atoms with Gasteiger partial charge < -0.3 is 10.1 Å². The van der Waals surface area contributed by atoms with E-state index in [2.05, 4.69) is 11.4 Å². The molecule has 1 aliphatic rings. The van der Waals surface area contributed by atoms with Crippen LogP contribution >= 0.6 is 0 Å². The molecular weight excluding hydrogens is 214 g/mol. The molecule has 92 valence electrons. The van der Waals surface area contributed by atoms with Gasteiger partial charge in [-0.25, -0.2) is 0 Å². The van der Waals surface area contributed by atoms with Crippen molar-refractivity contribution in [2.45, 2.75) is 32.7 Å². The molecule has 0 heterocycles. The normalized spacial score (nSPS) is 15.2. The van der Waals surface area contributed by atoms with Crippen LogP contribution in [0.25, 0.3) is 0 Å². The van der Waals surface area contributed by atoms with Crippen molar-refractivity contribution in [1.82, 2.24) is 5.32 Å². The number of carbonyl (C=O) groups excluding carboxylic acids is 1. The van der Waals surface area contributed by atoms with Crippen molar-refractivity contribution in [3.05, 3.63) is 29.3 Å². The minimum Gasteiger partial charge on any atom is -0.496 e. The quantitative estimate of drug-likeness (QED) is 0.867. The Bertz CT molecular complexity index is 411. The third kappa shape index (κ3) is 2.78. The molecule has 1 fully saturated rings. The second kappa shape index (κ2) is 5.21. The first-order valence-electron chi connectivity index (χ1n) is 6.12. The summed E-state index contributed by atoms with van der Waals surface area (Å²) in [6, 6.07) is 6.01. The standard InChI is InChI=1S/C14H19NO2/c1-10-6-7-13(17-2)12(8-10)9-15-14(16)11-4-3-5-11/h6-8,11H,3-5,9H2,1-2H3,(H,15,16). The Hall–Kier alpha value is -1.51. The Labute approximate surface area is 102 Å². The van der Waals surface area contributed by atoms with Gasteiger partial charge in [0.05, 0.1) is 7.11 Å². The van der Waals surface area contributed by atoms with E-state index in [0.717, 1.165) is 24.2 Å². The Morgan fingerprint density at radius 3 is 2.82 bits per heavy atom. The van der Waals surface area contributed by atoms with Crippen LogP contribution in [0.4, 0.5) is 0 Å². The summed E-state index contributed by atoms with van der Waals surface area (Å²) in [5.41, 5.74) is 2.22. The first-order chi connectivity index (χ1) is 8.20. The highest BCUT2D eigenvalue weighted by Crippen LogP contribution is 2.26. The lowest BCUT2D eigenvalue weighted by Gasteiger charge is -2.24. The van der Waals surface area contributed by atoms with E-state index in [1.807, 2.05) is 19.1 Å². The smallest absolute Gasteiger partial charge is 0.223 e. The maximum absolute atomic E-state index is 11.7. The van der Waals surface area contributed by atoms with E-state index >= 15 is 0 Å². The molecule has 0 unspecified atom stereocenters. The van der Waals surface area contributed by atoms with E-state index in [4.69, 9.17) is 4.74 Å². The van der Waals surface area contributed by atoms with Crippen LogP contribution in [0.1, 0.15) is 30.4 Å². The predicted molar refractivity (Wildman–Crippen MR) is 66.9 cm³/mol. The van der Waals surface area contributed by atoms with Gasteiger partial charge in [0.25, 0.3) is 0 Å². The van der Waals surface area contributed by atoms with Crippen LogP contribution < -0.4 is 10.1 Å². The average molecular weight is 233 g/mol. The molecule has 0 aliphatic heterocycles. The van der Waals surface area contributed by atoms with Crippen LogP contribution in [0.5, 0.6) is 5.75 Å². The Morgan fingerprint density at radius 2 is 2.24 bits per heavy atom. The van der Waals surface area contributed by atoms with Gasteiger partial charge in [-0.15, -0.1) is 0 Å². The van der Waals surface area contributed by atoms with Crippen LogP contribution in [0, 0.1) is 12.8 Å². The molecule has 0 bridgehead atoms. The van der Waals surface area contributed by atoms with Gasteiger partial charge >= 0.3 is 0 Å². The highest BCUT2D eigenvalue weighted by atomic mass is 16.5. The first-order valence-corrected chi connectivity index (χ1v) is 6.12. The molecule has 3 heteroatoms. The van der Waals surface area contributed by atoms with Gasteiger partial charge in [0.15, 0.2) is 0 Å². The molecule has 17 heavy (non-hydrogen) atoms. The SMILES string of the molecule is COc1ccc(C)cc1CNC(=O)C1CCC1. The van der Waals surface area contributed by atoms with E-state index in [1.54, 1.807) is 7.11 Å². The van der Waals surface area contributed by atoms with Gasteiger partial charge in [0, 0.05) is 18.0 Å². The number of carbonyl (C=O) groups is 1. The molecule has 0 aromatic heterocycles. The van der Waals surface area contributed by atoms with E-state index in [1.165, 1.54) is 12.0 Å². The number of benzene rings is 1. The zero-order valence-electron chi connectivity index (χ0n) is 10.5. The summed E-state index contributed by atoms with van der Waals surface area (Å²) < 4.78 is 5.28. The monoisotopic (exact) mass is 233 g/mol. The number of hydrogen-bond donors (Lipinski definition) is 1. The molecule has 1 aliphatic carbocycles. The third-order valence-electron chi connectivity index (χ3n) is 3.36. The Kier molecular flexibility index (Phi) is 3.67. The van der Waals surface area contributed by atoms with Crippen LogP contribution in [0.15, 0.2) is 18.2 Å². The number of hydrogen-bond acceptors (Lipinski definition) is 2. The molecule has 1 amide bonds. The minimum absolute atomic E-state index is 0.180. The molecule has 1 aromatic carbocycles. The molecule has 0 spiro atoms. The lowest BCUT2D eigenvalue weighted by atomic mass is 9.85. The Morgan fingerprint density at radius 1 is 1.47 bits per heavy atom. The van der Waals surface area contributed by atoms with Gasteiger partial charge in [-0.3, -0.25) is 4.79 Å². The van der Waals surface area contributed by atoms with E-state index < -0.39 is 0 Å². The summed E-state index contributed by atoms with van der Waals surface area (Å²) in [6.45, 7) is 2.59. The lowest BCUT2D eigenvalue weighted by molar-refractivity contribution is -0.127. The summed E-state index contributed by atoms with van der Waals surface area (Å²) in [5, 5.41) is 2.98. The fourth-order valence-electron chi connectivity index (χ4n) is 2.04. The van der Waals surface area contributed by atoms with Gasteiger partial charge in [0.1, 0.15) is 5.75 Å². The molecule has 2 rings (SSSR count). The second-order valence-corrected chi connectivity index (χ2v) is 4.66. The van der Waals surface area contributed by atoms with Crippen LogP contribution in [0.2, 0.25) is 0 Å². The summed E-state index contributed by atoms with van der Waals surface area (Å²) in [5.74, 6) is 1.26. The number of methoxy groups -OCH3 is 1. The van der Waals surface area contributed by atoms with Crippen molar-refractivity contribution < 1.29 is 9.53 Å². The summed E-state index contributed by atoms with van der Waals surface area (Å²) in [6.07, 6.45) is 3.26. The molecular formula is C14H19NO2. The van der Waals surface area contributed by atoms with Crippen molar-refractivity contribution in [3.63, 3.8) is 0 Å². The average Bonchev–Trinajstić information content (AvgIpc) is 2.24. The number of amides is 1. The number of aryl methyl sites for hydroxylation is 1. The van der Waals surface area contributed by atoms with Crippen LogP contribution in [-0.4, -0.2) is 13.0 Å². The fourth-order valence-corrected chi connectivity index (χ4v) is 2.04. The van der Waals surface area contributed by atoms with E-state index in [-0.39, 0.29) is 11.8 Å². The van der Waals surface area contributed by atoms with E-state index in [0.29, 0.717) is 6.54 Å². The van der Waals surface area contributed by atoms with Gasteiger partial charge in [-0.05, 0) is 25.8 Å². The van der Waals surface area contributed by atoms with Gasteiger partial charge in [-0.2, -0.15) is 0 Å². The van der Waals surface area contributed by atoms with Crippen molar-refractivity contribution in [1.29, 1.82) is 0 Å². The van der Waals surface area contributed by atoms with Gasteiger partial charge in [0.2, 0.25) is 5.91 Å². The lowest BCUT2D eigenvalue weighted by Crippen LogP contribution is -2.34. The Balaban J connectivity index is 1.97. The van der Waals surface area contributed by atoms with Crippen molar-refractivity contribution in [2.24, 2.45) is 5.92 Å². The van der Waals surface area contributed by atoms with Crippen molar-refractivity contribution in [3.8, 4) is 5.75 Å². The van der Waals surface area contributed by atoms with Crippen molar-refractivity contribution >= 4 is 5.91 Å². The maximum atomic E-state index is 11.7. The first kappa shape index (κ1) is 12.0. The van der Waals surface area contributed by atoms with Crippen molar-refractivity contribution in [2.75, 3.05) is 7.11 Å². The molecule has 0 radical (unpaired) electrons. The van der Waals surface area contributed by atoms with E-state index in [9.17, 15) is 4.79 Å². The minimum atomic E-state index is 0.180. The summed E-state index contributed by atoms with van der Waals surface area (Å²) in [7, 11) is 1.65. The molecule has 1 saturated carbocycles. The largest absolute Gasteiger partial charge is 0.496 e. The second-order valence-electron chi connectivity index (χ2n) is 4.66. The zero-order chi connectivity index (χ0) is 12.3. The molecule has 1 aromatic rings. The summed E-state index contributed by atoms with van der Waals surface area (Å²) >= 11 is 0. The number of ether oxygens (including phenoxy) is 1. The molecule has 0 atom stereocenters. The fraction of sp³-hybridized carbons (Fsp3) is 0.500. The van der Waals surface area contributed by atoms with Crippen LogP contribution in [-0.2, 0) is 11.3 Å².